The Morgan fingerprint density at radius 3 is 2.86 bits per heavy atom. The van der Waals surface area contributed by atoms with Gasteiger partial charge < -0.3 is 5.11 Å². The highest BCUT2D eigenvalue weighted by molar-refractivity contribution is 5.77. The maximum Gasteiger partial charge on any atom is 0.0798 e. The third-order valence-corrected chi connectivity index (χ3v) is 3.44. The van der Waals surface area contributed by atoms with Crippen LogP contribution in [-0.2, 0) is 6.42 Å². The zero-order valence-electron chi connectivity index (χ0n) is 8.16. The van der Waals surface area contributed by atoms with Crippen LogP contribution in [0, 0.1) is 0 Å². The van der Waals surface area contributed by atoms with Crippen molar-refractivity contribution in [3.63, 3.8) is 0 Å². The Morgan fingerprint density at radius 1 is 1.07 bits per heavy atom. The molecule has 1 heteroatoms. The zero-order valence-corrected chi connectivity index (χ0v) is 8.16. The summed E-state index contributed by atoms with van der Waals surface area (Å²) < 4.78 is 0. The first-order valence-corrected chi connectivity index (χ1v) is 5.34. The average molecular weight is 186 g/mol. The van der Waals surface area contributed by atoms with Crippen molar-refractivity contribution in [3.05, 3.63) is 41.0 Å². The van der Waals surface area contributed by atoms with Gasteiger partial charge in [0.05, 0.1) is 6.10 Å². The van der Waals surface area contributed by atoms with Gasteiger partial charge >= 0.3 is 0 Å². The van der Waals surface area contributed by atoms with Crippen LogP contribution >= 0.6 is 0 Å². The maximum absolute atomic E-state index is 9.91. The Balaban J connectivity index is 2.18. The highest BCUT2D eigenvalue weighted by atomic mass is 16.3. The van der Waals surface area contributed by atoms with E-state index in [2.05, 4.69) is 24.3 Å². The van der Waals surface area contributed by atoms with Crippen LogP contribution in [0.25, 0.3) is 5.57 Å². The summed E-state index contributed by atoms with van der Waals surface area (Å²) in [4.78, 5) is 0. The van der Waals surface area contributed by atoms with Gasteiger partial charge in [0.1, 0.15) is 0 Å². The Morgan fingerprint density at radius 2 is 1.93 bits per heavy atom. The summed E-state index contributed by atoms with van der Waals surface area (Å²) in [6.07, 6.45) is 4.14. The molecule has 2 aliphatic carbocycles. The molecular formula is C13H14O. The molecule has 0 bridgehead atoms. The lowest BCUT2D eigenvalue weighted by Gasteiger charge is -2.20. The number of aliphatic hydroxyl groups is 1. The summed E-state index contributed by atoms with van der Waals surface area (Å²) in [5, 5.41) is 9.91. The number of aryl methyl sites for hydroxylation is 1. The molecule has 0 heterocycles. The third-order valence-electron chi connectivity index (χ3n) is 3.44. The topological polar surface area (TPSA) is 20.2 Å². The van der Waals surface area contributed by atoms with Crippen LogP contribution < -0.4 is 0 Å². The van der Waals surface area contributed by atoms with Crippen LogP contribution in [0.2, 0.25) is 0 Å². The fraction of sp³-hybridized carbons (Fsp3) is 0.385. The predicted octanol–water partition coefficient (Wildman–Crippen LogP) is 2.54. The molecular weight excluding hydrogens is 172 g/mol. The van der Waals surface area contributed by atoms with E-state index in [4.69, 9.17) is 0 Å². The second-order valence-electron chi connectivity index (χ2n) is 4.23. The molecule has 14 heavy (non-hydrogen) atoms. The van der Waals surface area contributed by atoms with Crippen molar-refractivity contribution in [2.45, 2.75) is 31.8 Å². The first kappa shape index (κ1) is 8.25. The van der Waals surface area contributed by atoms with Crippen LogP contribution in [0.4, 0.5) is 0 Å². The summed E-state index contributed by atoms with van der Waals surface area (Å²) in [6, 6.07) is 8.49. The summed E-state index contributed by atoms with van der Waals surface area (Å²) >= 11 is 0. The van der Waals surface area contributed by atoms with E-state index in [0.717, 1.165) is 25.7 Å². The number of hydrogen-bond acceptors (Lipinski definition) is 1. The molecule has 2 aliphatic rings. The number of allylic oxidation sites excluding steroid dienone is 1. The second kappa shape index (κ2) is 2.96. The van der Waals surface area contributed by atoms with Crippen LogP contribution in [0.3, 0.4) is 0 Å². The monoisotopic (exact) mass is 186 g/mol. The summed E-state index contributed by atoms with van der Waals surface area (Å²) in [7, 11) is 0. The van der Waals surface area contributed by atoms with Crippen LogP contribution in [0.15, 0.2) is 29.8 Å². The van der Waals surface area contributed by atoms with E-state index in [1.54, 1.807) is 0 Å². The van der Waals surface area contributed by atoms with Crippen molar-refractivity contribution in [3.8, 4) is 0 Å². The van der Waals surface area contributed by atoms with Crippen LogP contribution in [0.1, 0.15) is 30.4 Å². The van der Waals surface area contributed by atoms with Gasteiger partial charge in [0, 0.05) is 0 Å². The smallest absolute Gasteiger partial charge is 0.0798 e. The molecule has 1 N–H and O–H groups in total. The van der Waals surface area contributed by atoms with E-state index in [-0.39, 0.29) is 6.10 Å². The van der Waals surface area contributed by atoms with Gasteiger partial charge in [0.2, 0.25) is 0 Å². The number of fused-ring (bicyclic) bond motifs is 2. The zero-order chi connectivity index (χ0) is 9.54. The first-order valence-electron chi connectivity index (χ1n) is 5.34. The van der Waals surface area contributed by atoms with Crippen molar-refractivity contribution in [2.24, 2.45) is 0 Å². The fourth-order valence-corrected chi connectivity index (χ4v) is 2.74. The van der Waals surface area contributed by atoms with Crippen molar-refractivity contribution < 1.29 is 5.11 Å². The molecule has 1 aromatic rings. The molecule has 0 fully saturated rings. The predicted molar refractivity (Wildman–Crippen MR) is 56.9 cm³/mol. The number of hydrogen-bond donors (Lipinski definition) is 1. The molecule has 3 rings (SSSR count). The third kappa shape index (κ3) is 1.05. The Kier molecular flexibility index (Phi) is 1.74. The maximum atomic E-state index is 9.91. The van der Waals surface area contributed by atoms with Crippen molar-refractivity contribution in [1.82, 2.24) is 0 Å². The summed E-state index contributed by atoms with van der Waals surface area (Å²) in [5.74, 6) is 0. The van der Waals surface area contributed by atoms with Gasteiger partial charge in [-0.25, -0.2) is 0 Å². The standard InChI is InChI=1S/C13H14O/c14-12-8-7-10-6-5-9-3-1-2-4-11(9)13(10)12/h1-4,12,14H,5-8H2. The average Bonchev–Trinajstić information content (AvgIpc) is 2.61. The van der Waals surface area contributed by atoms with Gasteiger partial charge in [-0.2, -0.15) is 0 Å². The molecule has 1 aromatic carbocycles. The molecule has 1 unspecified atom stereocenters. The molecule has 0 radical (unpaired) electrons. The van der Waals surface area contributed by atoms with Gasteiger partial charge in [-0.3, -0.25) is 0 Å². The normalized spacial score (nSPS) is 24.8. The van der Waals surface area contributed by atoms with Crippen LogP contribution in [0.5, 0.6) is 0 Å². The molecule has 72 valence electrons. The lowest BCUT2D eigenvalue weighted by Crippen LogP contribution is -2.09. The molecule has 0 aliphatic heterocycles. The minimum absolute atomic E-state index is 0.202. The van der Waals surface area contributed by atoms with E-state index in [9.17, 15) is 5.11 Å². The Bertz CT molecular complexity index is 403. The molecule has 0 spiro atoms. The molecule has 0 amide bonds. The van der Waals surface area contributed by atoms with Gasteiger partial charge in [-0.15, -0.1) is 0 Å². The Labute approximate surface area is 84.1 Å². The SMILES string of the molecule is OC1CCC2=C1c1ccccc1CC2. The molecule has 1 nitrogen and oxygen atoms in total. The number of aliphatic hydroxyl groups excluding tert-OH is 1. The largest absolute Gasteiger partial charge is 0.388 e. The van der Waals surface area contributed by atoms with Gasteiger partial charge in [-0.1, -0.05) is 29.8 Å². The van der Waals surface area contributed by atoms with E-state index in [0.29, 0.717) is 0 Å². The van der Waals surface area contributed by atoms with Crippen LogP contribution in [-0.4, -0.2) is 11.2 Å². The lowest BCUT2D eigenvalue weighted by atomic mass is 9.86. The van der Waals surface area contributed by atoms with Gasteiger partial charge in [0.25, 0.3) is 0 Å². The van der Waals surface area contributed by atoms with E-state index in [1.165, 1.54) is 22.3 Å². The van der Waals surface area contributed by atoms with Gasteiger partial charge in [-0.05, 0) is 42.4 Å². The Hall–Kier alpha value is -1.08. The quantitative estimate of drug-likeness (QED) is 0.660. The molecule has 0 aromatic heterocycles. The van der Waals surface area contributed by atoms with E-state index >= 15 is 0 Å². The number of benzene rings is 1. The van der Waals surface area contributed by atoms with E-state index < -0.39 is 0 Å². The highest BCUT2D eigenvalue weighted by Crippen LogP contribution is 2.41. The molecule has 0 saturated heterocycles. The fourth-order valence-electron chi connectivity index (χ4n) is 2.74. The first-order chi connectivity index (χ1) is 6.86. The second-order valence-corrected chi connectivity index (χ2v) is 4.23. The molecule has 0 saturated carbocycles. The van der Waals surface area contributed by atoms with Crippen molar-refractivity contribution in [1.29, 1.82) is 0 Å². The molecule has 1 atom stereocenters. The summed E-state index contributed by atoms with van der Waals surface area (Å²) in [5.41, 5.74) is 5.45. The van der Waals surface area contributed by atoms with Gasteiger partial charge in [0.15, 0.2) is 0 Å². The summed E-state index contributed by atoms with van der Waals surface area (Å²) in [6.45, 7) is 0. The minimum atomic E-state index is -0.202. The lowest BCUT2D eigenvalue weighted by molar-refractivity contribution is 0.231. The minimum Gasteiger partial charge on any atom is -0.388 e. The number of rotatable bonds is 0. The van der Waals surface area contributed by atoms with Crippen molar-refractivity contribution >= 4 is 5.57 Å². The van der Waals surface area contributed by atoms with Crippen molar-refractivity contribution in [2.75, 3.05) is 0 Å². The highest BCUT2D eigenvalue weighted by Gasteiger charge is 2.28. The van der Waals surface area contributed by atoms with E-state index in [1.807, 2.05) is 0 Å².